The Balaban J connectivity index is 1.74. The van der Waals surface area contributed by atoms with Crippen LogP contribution in [-0.4, -0.2) is 65.9 Å². The maximum absolute atomic E-state index is 13.1. The van der Waals surface area contributed by atoms with Crippen molar-refractivity contribution in [3.05, 3.63) is 34.9 Å². The molecule has 1 saturated heterocycles. The molecule has 0 unspecified atom stereocenters. The molecule has 182 valence electrons. The molecule has 0 aromatic heterocycles. The Morgan fingerprint density at radius 2 is 1.94 bits per heavy atom. The summed E-state index contributed by atoms with van der Waals surface area (Å²) in [5.41, 5.74) is 2.53. The summed E-state index contributed by atoms with van der Waals surface area (Å²) >= 11 is 0. The van der Waals surface area contributed by atoms with Gasteiger partial charge >= 0.3 is 5.97 Å². The topological polar surface area (TPSA) is 90.0 Å². The molecule has 1 aromatic carbocycles. The van der Waals surface area contributed by atoms with Gasteiger partial charge in [-0.2, -0.15) is 0 Å². The average Bonchev–Trinajstić information content (AvgIpc) is 2.91. The molecule has 0 saturated carbocycles. The van der Waals surface area contributed by atoms with E-state index in [1.807, 2.05) is 25.2 Å². The number of amides is 2. The van der Waals surface area contributed by atoms with E-state index in [2.05, 4.69) is 19.2 Å². The van der Waals surface area contributed by atoms with Crippen molar-refractivity contribution in [1.82, 2.24) is 15.1 Å². The molecule has 2 aliphatic heterocycles. The molecule has 7 nitrogen and oxygen atoms in total. The highest BCUT2D eigenvalue weighted by Gasteiger charge is 2.31. The van der Waals surface area contributed by atoms with Gasteiger partial charge in [-0.25, -0.2) is 0 Å². The third-order valence-corrected chi connectivity index (χ3v) is 7.02. The monoisotopic (exact) mass is 457 g/mol. The largest absolute Gasteiger partial charge is 0.481 e. The van der Waals surface area contributed by atoms with Crippen LogP contribution in [0, 0.1) is 17.8 Å². The van der Waals surface area contributed by atoms with Gasteiger partial charge in [-0.15, -0.1) is 0 Å². The molecule has 0 spiro atoms. The summed E-state index contributed by atoms with van der Waals surface area (Å²) < 4.78 is 0. The van der Waals surface area contributed by atoms with E-state index in [1.54, 1.807) is 9.80 Å². The molecule has 2 heterocycles. The number of hydrogen-bond donors (Lipinski definition) is 2. The summed E-state index contributed by atoms with van der Waals surface area (Å²) in [5.74, 6) is -0.564. The summed E-state index contributed by atoms with van der Waals surface area (Å²) in [7, 11) is 1.85. The highest BCUT2D eigenvalue weighted by Crippen LogP contribution is 2.27. The third-order valence-electron chi connectivity index (χ3n) is 7.02. The second kappa shape index (κ2) is 11.6. The number of piperidine rings is 1. The molecule has 0 bridgehead atoms. The standard InChI is InChI=1S/C26H39N3O4/c1-18(2)8-13-29-17-21-5-4-20(14-22(21)15-23(26(29)33)16-24(30)31)25(32)28(3)12-9-19-6-10-27-11-7-19/h4-5,14,18-19,23,27H,6-13,15-17H2,1-3H3,(H,30,31)/t23-/m1/s1. The van der Waals surface area contributed by atoms with Crippen molar-refractivity contribution in [1.29, 1.82) is 0 Å². The van der Waals surface area contributed by atoms with Gasteiger partial charge in [-0.1, -0.05) is 19.9 Å². The van der Waals surface area contributed by atoms with E-state index in [4.69, 9.17) is 0 Å². The Hall–Kier alpha value is -2.41. The summed E-state index contributed by atoms with van der Waals surface area (Å²) in [4.78, 5) is 41.2. The first kappa shape index (κ1) is 25.2. The summed E-state index contributed by atoms with van der Waals surface area (Å²) in [6.07, 6.45) is 4.37. The number of nitrogens with one attached hydrogen (secondary N) is 1. The van der Waals surface area contributed by atoms with E-state index in [0.717, 1.165) is 56.4 Å². The molecule has 1 atom stereocenters. The Bertz CT molecular complexity index is 848. The van der Waals surface area contributed by atoms with Crippen LogP contribution in [0.1, 0.15) is 67.4 Å². The van der Waals surface area contributed by atoms with Crippen molar-refractivity contribution < 1.29 is 19.5 Å². The second-order valence-electron chi connectivity index (χ2n) is 10.1. The Morgan fingerprint density at radius 3 is 2.61 bits per heavy atom. The van der Waals surface area contributed by atoms with E-state index in [0.29, 0.717) is 36.9 Å². The SMILES string of the molecule is CC(C)CCN1Cc2ccc(C(=O)N(C)CCC3CCNCC3)cc2C[C@H](CC(=O)O)C1=O. The van der Waals surface area contributed by atoms with Crippen LogP contribution in [0.4, 0.5) is 0 Å². The fourth-order valence-corrected chi connectivity index (χ4v) is 4.84. The quantitative estimate of drug-likeness (QED) is 0.595. The third kappa shape index (κ3) is 7.03. The number of aliphatic carboxylic acids is 1. The van der Waals surface area contributed by atoms with Crippen LogP contribution < -0.4 is 5.32 Å². The Kier molecular flexibility index (Phi) is 8.89. The average molecular weight is 458 g/mol. The molecule has 1 fully saturated rings. The molecular weight excluding hydrogens is 418 g/mol. The van der Waals surface area contributed by atoms with Crippen LogP contribution in [-0.2, 0) is 22.6 Å². The van der Waals surface area contributed by atoms with Gasteiger partial charge in [0.05, 0.1) is 12.3 Å². The van der Waals surface area contributed by atoms with Crippen LogP contribution in [0.2, 0.25) is 0 Å². The summed E-state index contributed by atoms with van der Waals surface area (Å²) in [6, 6.07) is 5.68. The van der Waals surface area contributed by atoms with Gasteiger partial charge in [-0.3, -0.25) is 14.4 Å². The van der Waals surface area contributed by atoms with Crippen LogP contribution in [0.5, 0.6) is 0 Å². The minimum absolute atomic E-state index is 0.0197. The smallest absolute Gasteiger partial charge is 0.304 e. The molecule has 1 aromatic rings. The lowest BCUT2D eigenvalue weighted by Crippen LogP contribution is -2.36. The summed E-state index contributed by atoms with van der Waals surface area (Å²) in [6.45, 7) is 8.15. The number of hydrogen-bond acceptors (Lipinski definition) is 4. The Labute approximate surface area is 197 Å². The van der Waals surface area contributed by atoms with Crippen LogP contribution in [0.3, 0.4) is 0 Å². The molecule has 0 aliphatic carbocycles. The first-order chi connectivity index (χ1) is 15.7. The zero-order chi connectivity index (χ0) is 24.0. The number of rotatable bonds is 9. The number of carboxylic acid groups (broad SMARTS) is 1. The normalized spacial score (nSPS) is 19.3. The van der Waals surface area contributed by atoms with E-state index in [9.17, 15) is 19.5 Å². The number of carbonyl (C=O) groups is 3. The minimum Gasteiger partial charge on any atom is -0.481 e. The molecule has 2 aliphatic rings. The van der Waals surface area contributed by atoms with Gasteiger partial charge in [-0.05, 0) is 80.3 Å². The fraction of sp³-hybridized carbons (Fsp3) is 0.654. The number of nitrogens with zero attached hydrogens (tertiary/aromatic N) is 2. The van der Waals surface area contributed by atoms with Gasteiger partial charge in [0.2, 0.25) is 5.91 Å². The molecular formula is C26H39N3O4. The fourth-order valence-electron chi connectivity index (χ4n) is 4.84. The number of carbonyl (C=O) groups excluding carboxylic acids is 2. The second-order valence-corrected chi connectivity index (χ2v) is 10.1. The number of benzene rings is 1. The number of fused-ring (bicyclic) bond motifs is 1. The van der Waals surface area contributed by atoms with Gasteiger partial charge in [0, 0.05) is 32.2 Å². The first-order valence-electron chi connectivity index (χ1n) is 12.3. The van der Waals surface area contributed by atoms with Crippen molar-refractivity contribution in [3.8, 4) is 0 Å². The van der Waals surface area contributed by atoms with E-state index >= 15 is 0 Å². The highest BCUT2D eigenvalue weighted by atomic mass is 16.4. The van der Waals surface area contributed by atoms with Crippen molar-refractivity contribution >= 4 is 17.8 Å². The van der Waals surface area contributed by atoms with Crippen molar-refractivity contribution in [3.63, 3.8) is 0 Å². The molecule has 2 amide bonds. The van der Waals surface area contributed by atoms with Crippen LogP contribution in [0.15, 0.2) is 18.2 Å². The molecule has 2 N–H and O–H groups in total. The van der Waals surface area contributed by atoms with Crippen molar-refractivity contribution in [2.75, 3.05) is 33.2 Å². The van der Waals surface area contributed by atoms with Crippen molar-refractivity contribution in [2.24, 2.45) is 17.8 Å². The predicted molar refractivity (Wildman–Crippen MR) is 128 cm³/mol. The van der Waals surface area contributed by atoms with Crippen LogP contribution >= 0.6 is 0 Å². The lowest BCUT2D eigenvalue weighted by atomic mass is 9.92. The maximum Gasteiger partial charge on any atom is 0.304 e. The zero-order valence-electron chi connectivity index (χ0n) is 20.3. The maximum atomic E-state index is 13.1. The van der Waals surface area contributed by atoms with Gasteiger partial charge in [0.25, 0.3) is 5.91 Å². The van der Waals surface area contributed by atoms with Gasteiger partial charge in [0.1, 0.15) is 0 Å². The van der Waals surface area contributed by atoms with Crippen LogP contribution in [0.25, 0.3) is 0 Å². The number of carboxylic acids is 1. The van der Waals surface area contributed by atoms with Gasteiger partial charge < -0.3 is 20.2 Å². The molecule has 33 heavy (non-hydrogen) atoms. The predicted octanol–water partition coefficient (Wildman–Crippen LogP) is 3.17. The van der Waals surface area contributed by atoms with Gasteiger partial charge in [0.15, 0.2) is 0 Å². The minimum atomic E-state index is -0.967. The van der Waals surface area contributed by atoms with Crippen molar-refractivity contribution in [2.45, 2.75) is 58.9 Å². The zero-order valence-corrected chi connectivity index (χ0v) is 20.3. The van der Waals surface area contributed by atoms with E-state index < -0.39 is 11.9 Å². The lowest BCUT2D eigenvalue weighted by molar-refractivity contribution is -0.144. The first-order valence-corrected chi connectivity index (χ1v) is 12.3. The van der Waals surface area contributed by atoms with E-state index in [-0.39, 0.29) is 18.2 Å². The molecule has 3 rings (SSSR count). The highest BCUT2D eigenvalue weighted by molar-refractivity contribution is 5.94. The molecule has 0 radical (unpaired) electrons. The summed E-state index contributed by atoms with van der Waals surface area (Å²) in [5, 5.41) is 12.7. The Morgan fingerprint density at radius 1 is 1.21 bits per heavy atom. The van der Waals surface area contributed by atoms with E-state index in [1.165, 1.54) is 0 Å². The molecule has 7 heteroatoms. The lowest BCUT2D eigenvalue weighted by Gasteiger charge is -2.25.